The third-order valence-corrected chi connectivity index (χ3v) is 4.24. The van der Waals surface area contributed by atoms with Crippen molar-refractivity contribution in [1.82, 2.24) is 0 Å². The molecular weight excluding hydrogens is 286 g/mol. The average molecular weight is 305 g/mol. The molecule has 0 fully saturated rings. The summed E-state index contributed by atoms with van der Waals surface area (Å²) < 4.78 is 23.0. The molecule has 0 aliphatic carbocycles. The molecule has 2 aromatic rings. The van der Waals surface area contributed by atoms with Gasteiger partial charge in [-0.05, 0) is 43.7 Å². The van der Waals surface area contributed by atoms with E-state index < -0.39 is 10.0 Å². The summed E-state index contributed by atoms with van der Waals surface area (Å²) in [5.74, 6) is 0. The number of nitrogen functional groups attached to an aromatic ring is 1. The second-order valence-corrected chi connectivity index (χ2v) is 6.72. The normalized spacial score (nSPS) is 11.4. The highest BCUT2D eigenvalue weighted by atomic mass is 32.2. The molecule has 0 saturated carbocycles. The number of nitrogens with two attached hydrogens (primary N) is 2. The number of hydrogen-bond acceptors (Lipinski definition) is 4. The summed E-state index contributed by atoms with van der Waals surface area (Å²) in [5.41, 5.74) is 10.1. The summed E-state index contributed by atoms with van der Waals surface area (Å²) in [6.07, 6.45) is 0. The van der Waals surface area contributed by atoms with E-state index in [0.29, 0.717) is 11.4 Å². The Morgan fingerprint density at radius 1 is 1.05 bits per heavy atom. The average Bonchev–Trinajstić information content (AvgIpc) is 2.36. The summed E-state index contributed by atoms with van der Waals surface area (Å²) >= 11 is 0. The van der Waals surface area contributed by atoms with Gasteiger partial charge in [-0.25, -0.2) is 13.6 Å². The zero-order chi connectivity index (χ0) is 15.8. The van der Waals surface area contributed by atoms with Crippen LogP contribution in [0.4, 0.5) is 17.1 Å². The van der Waals surface area contributed by atoms with Crippen LogP contribution in [0.1, 0.15) is 11.1 Å². The minimum atomic E-state index is -3.79. The topological polar surface area (TPSA) is 89.4 Å². The number of benzene rings is 2. The lowest BCUT2D eigenvalue weighted by atomic mass is 10.1. The largest absolute Gasteiger partial charge is 0.399 e. The van der Waals surface area contributed by atoms with Crippen LogP contribution in [0.25, 0.3) is 0 Å². The molecule has 2 aromatic carbocycles. The highest BCUT2D eigenvalue weighted by Gasteiger charge is 2.13. The van der Waals surface area contributed by atoms with Gasteiger partial charge in [0.15, 0.2) is 0 Å². The van der Waals surface area contributed by atoms with Gasteiger partial charge in [0.2, 0.25) is 10.0 Å². The molecule has 5 nitrogen and oxygen atoms in total. The minimum absolute atomic E-state index is 0.00844. The molecule has 0 aliphatic rings. The van der Waals surface area contributed by atoms with E-state index in [0.717, 1.165) is 11.3 Å². The molecule has 6 heteroatoms. The summed E-state index contributed by atoms with van der Waals surface area (Å²) in [5, 5.41) is 5.18. The van der Waals surface area contributed by atoms with Crippen molar-refractivity contribution < 1.29 is 8.42 Å². The Labute approximate surface area is 125 Å². The van der Waals surface area contributed by atoms with Gasteiger partial charge in [0.05, 0.1) is 4.90 Å². The van der Waals surface area contributed by atoms with E-state index in [9.17, 15) is 8.42 Å². The van der Waals surface area contributed by atoms with Gasteiger partial charge in [-0.2, -0.15) is 0 Å². The molecular formula is C15H19N3O2S. The number of aryl methyl sites for hydroxylation is 2. The molecule has 0 radical (unpaired) electrons. The highest BCUT2D eigenvalue weighted by Crippen LogP contribution is 2.30. The van der Waals surface area contributed by atoms with Crippen molar-refractivity contribution >= 4 is 27.1 Å². The van der Waals surface area contributed by atoms with E-state index in [-0.39, 0.29) is 4.90 Å². The first-order valence-electron chi connectivity index (χ1n) is 6.43. The molecule has 0 saturated heterocycles. The molecule has 0 aliphatic heterocycles. The van der Waals surface area contributed by atoms with Crippen LogP contribution < -0.4 is 15.8 Å². The van der Waals surface area contributed by atoms with E-state index >= 15 is 0 Å². The number of primary sulfonamides is 1. The third kappa shape index (κ3) is 3.34. The van der Waals surface area contributed by atoms with E-state index in [1.54, 1.807) is 6.07 Å². The number of hydrogen-bond donors (Lipinski definition) is 2. The molecule has 2 rings (SSSR count). The van der Waals surface area contributed by atoms with Crippen LogP contribution in [0.15, 0.2) is 41.3 Å². The molecule has 0 aromatic heterocycles. The molecule has 0 bridgehead atoms. The summed E-state index contributed by atoms with van der Waals surface area (Å²) in [7, 11) is -1.93. The van der Waals surface area contributed by atoms with E-state index in [1.807, 2.05) is 37.9 Å². The van der Waals surface area contributed by atoms with Gasteiger partial charge in [-0.3, -0.25) is 0 Å². The molecule has 21 heavy (non-hydrogen) atoms. The monoisotopic (exact) mass is 305 g/mol. The van der Waals surface area contributed by atoms with Crippen LogP contribution in [-0.2, 0) is 10.0 Å². The van der Waals surface area contributed by atoms with Crippen molar-refractivity contribution in [3.8, 4) is 0 Å². The van der Waals surface area contributed by atoms with Gasteiger partial charge in [0.25, 0.3) is 0 Å². The van der Waals surface area contributed by atoms with Gasteiger partial charge in [0, 0.05) is 24.1 Å². The minimum Gasteiger partial charge on any atom is -0.399 e. The maximum atomic E-state index is 11.5. The van der Waals surface area contributed by atoms with Crippen LogP contribution in [0.5, 0.6) is 0 Å². The van der Waals surface area contributed by atoms with E-state index in [2.05, 4.69) is 6.07 Å². The number of rotatable bonds is 3. The molecule has 0 amide bonds. The van der Waals surface area contributed by atoms with Crippen LogP contribution in [0.2, 0.25) is 0 Å². The Hall–Kier alpha value is -2.05. The van der Waals surface area contributed by atoms with E-state index in [4.69, 9.17) is 10.9 Å². The van der Waals surface area contributed by atoms with Crippen molar-refractivity contribution in [1.29, 1.82) is 0 Å². The quantitative estimate of drug-likeness (QED) is 0.851. The number of sulfonamides is 1. The van der Waals surface area contributed by atoms with Crippen LogP contribution in [-0.4, -0.2) is 15.5 Å². The van der Waals surface area contributed by atoms with Crippen molar-refractivity contribution in [3.63, 3.8) is 0 Å². The van der Waals surface area contributed by atoms with Crippen molar-refractivity contribution in [2.45, 2.75) is 18.7 Å². The van der Waals surface area contributed by atoms with Gasteiger partial charge < -0.3 is 10.6 Å². The van der Waals surface area contributed by atoms with Gasteiger partial charge >= 0.3 is 0 Å². The van der Waals surface area contributed by atoms with Crippen LogP contribution >= 0.6 is 0 Å². The first kappa shape index (κ1) is 15.3. The third-order valence-electron chi connectivity index (χ3n) is 3.34. The Kier molecular flexibility index (Phi) is 3.93. The maximum Gasteiger partial charge on any atom is 0.238 e. The van der Waals surface area contributed by atoms with Gasteiger partial charge in [0.1, 0.15) is 0 Å². The Bertz CT molecular complexity index is 786. The second kappa shape index (κ2) is 5.38. The molecule has 4 N–H and O–H groups in total. The lowest BCUT2D eigenvalue weighted by molar-refractivity contribution is 0.598. The second-order valence-electron chi connectivity index (χ2n) is 5.15. The predicted octanol–water partition coefficient (Wildman–Crippen LogP) is 2.30. The SMILES string of the molecule is Cc1ccc(N(C)c2cc(N)cc(S(N)(=O)=O)c2)c(C)c1. The summed E-state index contributed by atoms with van der Waals surface area (Å²) in [6, 6.07) is 10.7. The van der Waals surface area contributed by atoms with Crippen LogP contribution in [0.3, 0.4) is 0 Å². The summed E-state index contributed by atoms with van der Waals surface area (Å²) in [4.78, 5) is 1.90. The maximum absolute atomic E-state index is 11.5. The molecule has 0 spiro atoms. The molecule has 112 valence electrons. The Balaban J connectivity index is 2.53. The fourth-order valence-electron chi connectivity index (χ4n) is 2.28. The lowest BCUT2D eigenvalue weighted by Gasteiger charge is -2.23. The van der Waals surface area contributed by atoms with Gasteiger partial charge in [-0.1, -0.05) is 17.7 Å². The fraction of sp³-hybridized carbons (Fsp3) is 0.200. The zero-order valence-electron chi connectivity index (χ0n) is 12.3. The van der Waals surface area contributed by atoms with Gasteiger partial charge in [-0.15, -0.1) is 0 Å². The first-order chi connectivity index (χ1) is 9.68. The molecule has 0 heterocycles. The number of nitrogens with zero attached hydrogens (tertiary/aromatic N) is 1. The lowest BCUT2D eigenvalue weighted by Crippen LogP contribution is -2.15. The molecule has 0 unspecified atom stereocenters. The smallest absolute Gasteiger partial charge is 0.238 e. The Morgan fingerprint density at radius 3 is 2.29 bits per heavy atom. The standard InChI is InChI=1S/C15H19N3O2S/c1-10-4-5-15(11(2)6-10)18(3)13-7-12(16)8-14(9-13)21(17,19)20/h4-9H,16H2,1-3H3,(H2,17,19,20). The molecule has 0 atom stereocenters. The fourth-order valence-corrected chi connectivity index (χ4v) is 2.87. The first-order valence-corrected chi connectivity index (χ1v) is 7.97. The zero-order valence-corrected chi connectivity index (χ0v) is 13.1. The van der Waals surface area contributed by atoms with Crippen LogP contribution in [0, 0.1) is 13.8 Å². The summed E-state index contributed by atoms with van der Waals surface area (Å²) in [6.45, 7) is 4.03. The van der Waals surface area contributed by atoms with Crippen molar-refractivity contribution in [2.75, 3.05) is 17.7 Å². The van der Waals surface area contributed by atoms with Crippen molar-refractivity contribution in [3.05, 3.63) is 47.5 Å². The number of anilines is 3. The van der Waals surface area contributed by atoms with Crippen molar-refractivity contribution in [2.24, 2.45) is 5.14 Å². The Morgan fingerprint density at radius 2 is 1.71 bits per heavy atom. The highest BCUT2D eigenvalue weighted by molar-refractivity contribution is 7.89. The predicted molar refractivity (Wildman–Crippen MR) is 86.2 cm³/mol. The van der Waals surface area contributed by atoms with E-state index in [1.165, 1.54) is 17.7 Å².